The van der Waals surface area contributed by atoms with Gasteiger partial charge in [0, 0.05) is 27.2 Å². The van der Waals surface area contributed by atoms with Gasteiger partial charge >= 0.3 is 17.9 Å². The molecule has 0 unspecified atom stereocenters. The van der Waals surface area contributed by atoms with E-state index in [-0.39, 0.29) is 30.5 Å². The molecule has 1 N–H and O–H groups in total. The lowest BCUT2D eigenvalue weighted by Crippen LogP contribution is -2.67. The predicted octanol–water partition coefficient (Wildman–Crippen LogP) is 5.57. The van der Waals surface area contributed by atoms with E-state index in [2.05, 4.69) is 37.9 Å². The molecule has 0 aromatic carbocycles. The molecule has 1 heterocycles. The third kappa shape index (κ3) is 7.19. The van der Waals surface area contributed by atoms with Gasteiger partial charge in [-0.1, -0.05) is 38.5 Å². The fourth-order valence-electron chi connectivity index (χ4n) is 10.0. The smallest absolute Gasteiger partial charge is 0.305 e. The number of allylic oxidation sites excluding steroid dienone is 2. The highest BCUT2D eigenvalue weighted by atomic mass is 16.7. The van der Waals surface area contributed by atoms with Crippen LogP contribution in [0.1, 0.15) is 106 Å². The topological polar surface area (TPSA) is 126 Å². The fourth-order valence-corrected chi connectivity index (χ4v) is 10.0. The quantitative estimate of drug-likeness (QED) is 0.182. The van der Waals surface area contributed by atoms with E-state index >= 15 is 0 Å². The van der Waals surface area contributed by atoms with Crippen LogP contribution in [-0.2, 0) is 42.9 Å². The van der Waals surface area contributed by atoms with Gasteiger partial charge in [0.2, 0.25) is 5.91 Å². The third-order valence-electron chi connectivity index (χ3n) is 12.2. The molecule has 262 valence electrons. The maximum Gasteiger partial charge on any atom is 0.305 e. The molecule has 1 saturated heterocycles. The van der Waals surface area contributed by atoms with Crippen molar-refractivity contribution in [3.8, 4) is 0 Å². The first-order valence-electron chi connectivity index (χ1n) is 17.7. The van der Waals surface area contributed by atoms with E-state index in [4.69, 9.17) is 23.7 Å². The van der Waals surface area contributed by atoms with Gasteiger partial charge in [-0.15, -0.1) is 6.58 Å². The summed E-state index contributed by atoms with van der Waals surface area (Å²) in [4.78, 5) is 49.2. The Labute approximate surface area is 279 Å². The second-order valence-electron chi connectivity index (χ2n) is 15.1. The van der Waals surface area contributed by atoms with Crippen molar-refractivity contribution in [1.29, 1.82) is 0 Å². The van der Waals surface area contributed by atoms with Crippen LogP contribution >= 0.6 is 0 Å². The van der Waals surface area contributed by atoms with Crippen LogP contribution in [0.15, 0.2) is 24.3 Å². The van der Waals surface area contributed by atoms with Gasteiger partial charge in [-0.3, -0.25) is 19.2 Å². The van der Waals surface area contributed by atoms with Crippen molar-refractivity contribution in [3.63, 3.8) is 0 Å². The van der Waals surface area contributed by atoms with Gasteiger partial charge in [0.25, 0.3) is 0 Å². The highest BCUT2D eigenvalue weighted by Gasteiger charge is 2.59. The maximum absolute atomic E-state index is 12.4. The van der Waals surface area contributed by atoms with Crippen LogP contribution in [0.3, 0.4) is 0 Å². The Kier molecular flexibility index (Phi) is 10.9. The van der Waals surface area contributed by atoms with Crippen LogP contribution in [0.4, 0.5) is 0 Å². The summed E-state index contributed by atoms with van der Waals surface area (Å²) in [5, 5.41) is 2.83. The Balaban J connectivity index is 1.37. The van der Waals surface area contributed by atoms with Gasteiger partial charge in [-0.25, -0.2) is 0 Å². The van der Waals surface area contributed by atoms with Crippen molar-refractivity contribution in [2.75, 3.05) is 6.61 Å². The van der Waals surface area contributed by atoms with Crippen molar-refractivity contribution in [1.82, 2.24) is 5.32 Å². The van der Waals surface area contributed by atoms with Crippen LogP contribution in [0.2, 0.25) is 0 Å². The van der Waals surface area contributed by atoms with Crippen LogP contribution in [0, 0.1) is 34.5 Å². The molecule has 10 nitrogen and oxygen atoms in total. The van der Waals surface area contributed by atoms with Gasteiger partial charge in [0.05, 0.1) is 6.10 Å². The first-order valence-corrected chi connectivity index (χ1v) is 17.7. The summed E-state index contributed by atoms with van der Waals surface area (Å²) >= 11 is 0. The van der Waals surface area contributed by atoms with E-state index < -0.39 is 48.6 Å². The first-order chi connectivity index (χ1) is 22.3. The molecule has 5 aliphatic rings. The van der Waals surface area contributed by atoms with Gasteiger partial charge in [0.1, 0.15) is 18.8 Å². The van der Waals surface area contributed by atoms with Crippen LogP contribution in [0.5, 0.6) is 0 Å². The number of esters is 3. The molecule has 3 saturated carbocycles. The van der Waals surface area contributed by atoms with E-state index in [9.17, 15) is 19.2 Å². The highest BCUT2D eigenvalue weighted by molar-refractivity contribution is 5.73. The molecule has 1 amide bonds. The Morgan fingerprint density at radius 1 is 1.00 bits per heavy atom. The molecule has 0 aromatic heterocycles. The minimum Gasteiger partial charge on any atom is -0.463 e. The number of nitrogens with one attached hydrogen (secondary N) is 1. The molecular formula is C37H55NO9. The van der Waals surface area contributed by atoms with Crippen LogP contribution in [-0.4, -0.2) is 67.2 Å². The zero-order valence-electron chi connectivity index (χ0n) is 29.1. The molecule has 0 aromatic rings. The number of hydrogen-bond acceptors (Lipinski definition) is 9. The lowest BCUT2D eigenvalue weighted by molar-refractivity contribution is -0.289. The van der Waals surface area contributed by atoms with E-state index in [0.717, 1.165) is 31.6 Å². The molecule has 47 heavy (non-hydrogen) atoms. The molecule has 4 aliphatic carbocycles. The molecule has 4 fully saturated rings. The summed E-state index contributed by atoms with van der Waals surface area (Å²) in [7, 11) is 0. The number of carbonyl (C=O) groups is 4. The number of carbonyl (C=O) groups excluding carboxylic acids is 4. The van der Waals surface area contributed by atoms with Gasteiger partial charge in [-0.2, -0.15) is 0 Å². The van der Waals surface area contributed by atoms with E-state index in [1.54, 1.807) is 0 Å². The van der Waals surface area contributed by atoms with Crippen molar-refractivity contribution in [2.45, 2.75) is 142 Å². The number of amides is 1. The fraction of sp³-hybridized carbons (Fsp3) is 0.784. The van der Waals surface area contributed by atoms with Crippen molar-refractivity contribution in [3.05, 3.63) is 24.3 Å². The molecule has 1 aliphatic heterocycles. The Morgan fingerprint density at radius 2 is 1.72 bits per heavy atom. The number of fused-ring (bicyclic) bond motifs is 5. The molecule has 12 atom stereocenters. The van der Waals surface area contributed by atoms with Gasteiger partial charge in [-0.05, 0) is 92.3 Å². The van der Waals surface area contributed by atoms with Crippen molar-refractivity contribution >= 4 is 23.8 Å². The second-order valence-corrected chi connectivity index (χ2v) is 15.1. The normalized spacial score (nSPS) is 40.9. The Morgan fingerprint density at radius 3 is 2.38 bits per heavy atom. The first kappa shape index (κ1) is 35.6. The SMILES string of the molecule is C=C[C@H]1CC[C@H]2[C@@H]3CC=C4C[C@@H](O[C@H]5O[C@@H](COC(=O)CCC)[C@@H](OC(C)=O)[C@@H](OC(C)=O)[C@@H]5NC(C)=O)CC[C@]4(C)[C@H]3CC[C@]12C. The lowest BCUT2D eigenvalue weighted by Gasteiger charge is -2.58. The lowest BCUT2D eigenvalue weighted by atomic mass is 9.47. The molecule has 5 rings (SSSR count). The van der Waals surface area contributed by atoms with Crippen LogP contribution in [0.25, 0.3) is 0 Å². The van der Waals surface area contributed by atoms with E-state index in [1.807, 2.05) is 6.92 Å². The van der Waals surface area contributed by atoms with E-state index in [1.165, 1.54) is 52.0 Å². The third-order valence-corrected chi connectivity index (χ3v) is 12.2. The molecule has 0 spiro atoms. The molecule has 0 radical (unpaired) electrons. The predicted molar refractivity (Wildman–Crippen MR) is 174 cm³/mol. The monoisotopic (exact) mass is 657 g/mol. The Bertz CT molecular complexity index is 1250. The standard InChI is InChI=1S/C37H55NO9/c1-8-10-31(42)43-20-30-33(44-22(4)40)34(45-23(5)41)32(38-21(3)39)35(47-30)46-26-15-17-37(7)25(19-26)11-13-27-28-14-12-24(9-2)36(28,6)18-16-29(27)37/h9,11,24,26-30,32-35H,2,8,10,12-20H2,1,3-7H3,(H,38,39)/t24-,26-,27-,28-,29-,30-,32-,33+,34-,35-,36+,37-/m0/s1. The average molecular weight is 658 g/mol. The molecular weight excluding hydrogens is 602 g/mol. The molecule has 0 bridgehead atoms. The summed E-state index contributed by atoms with van der Waals surface area (Å²) in [6, 6.07) is -0.961. The minimum atomic E-state index is -1.14. The van der Waals surface area contributed by atoms with Crippen molar-refractivity contribution < 1.29 is 42.9 Å². The van der Waals surface area contributed by atoms with E-state index in [0.29, 0.717) is 29.6 Å². The van der Waals surface area contributed by atoms with Crippen LogP contribution < -0.4 is 5.32 Å². The summed E-state index contributed by atoms with van der Waals surface area (Å²) < 4.78 is 29.8. The summed E-state index contributed by atoms with van der Waals surface area (Å²) in [6.07, 6.45) is 9.66. The Hall–Kier alpha value is -2.72. The summed E-state index contributed by atoms with van der Waals surface area (Å²) in [5.74, 6) is 0.620. The highest BCUT2D eigenvalue weighted by Crippen LogP contribution is 2.66. The van der Waals surface area contributed by atoms with Crippen molar-refractivity contribution in [2.24, 2.45) is 34.5 Å². The number of ether oxygens (including phenoxy) is 5. The summed E-state index contributed by atoms with van der Waals surface area (Å²) in [5.41, 5.74) is 1.90. The zero-order chi connectivity index (χ0) is 34.1. The summed E-state index contributed by atoms with van der Waals surface area (Å²) in [6.45, 7) is 14.6. The van der Waals surface area contributed by atoms with Gasteiger partial charge in [0.15, 0.2) is 18.5 Å². The number of hydrogen-bond donors (Lipinski definition) is 1. The van der Waals surface area contributed by atoms with Gasteiger partial charge < -0.3 is 29.0 Å². The molecule has 10 heteroatoms. The number of rotatable bonds is 10. The minimum absolute atomic E-state index is 0.109. The average Bonchev–Trinajstić information content (AvgIpc) is 3.35. The zero-order valence-corrected chi connectivity index (χ0v) is 29.1. The largest absolute Gasteiger partial charge is 0.463 e. The maximum atomic E-state index is 12.4. The second kappa shape index (κ2) is 14.4.